The Morgan fingerprint density at radius 2 is 1.89 bits per heavy atom. The van der Waals surface area contributed by atoms with E-state index in [1.807, 2.05) is 7.05 Å². The highest BCUT2D eigenvalue weighted by Gasteiger charge is 2.39. The highest BCUT2D eigenvalue weighted by Crippen LogP contribution is 2.50. The van der Waals surface area contributed by atoms with Crippen molar-refractivity contribution in [2.45, 2.75) is 32.2 Å². The first-order chi connectivity index (χ1) is 13.5. The minimum Gasteiger partial charge on any atom is -0.465 e. The van der Waals surface area contributed by atoms with Gasteiger partial charge in [0.1, 0.15) is 4.91 Å². The number of methoxy groups -OCH3 is 1. The van der Waals surface area contributed by atoms with Crippen molar-refractivity contribution >= 4 is 40.6 Å². The van der Waals surface area contributed by atoms with Crippen LogP contribution in [-0.2, 0) is 16.1 Å². The second-order valence-electron chi connectivity index (χ2n) is 6.86. The maximum atomic E-state index is 13.1. The van der Waals surface area contributed by atoms with E-state index in [0.717, 1.165) is 23.4 Å². The standard InChI is InChI=1S/C20H21N3O3S2/c1-22-14-5-3-4-6-15(14)27-18(22)16-17(24)23(20(21)28-16)11-12-7-9-13(10-8-12)19(25)26-2/h7-10,21H,3-6,11H2,1-2H3/b18-16-,21-20?. The number of allylic oxidation sites excluding steroid dienone is 2. The first kappa shape index (κ1) is 19.1. The van der Waals surface area contributed by atoms with E-state index in [1.165, 1.54) is 47.2 Å². The van der Waals surface area contributed by atoms with E-state index in [1.54, 1.807) is 36.0 Å². The molecule has 1 aromatic carbocycles. The molecule has 1 aliphatic carbocycles. The van der Waals surface area contributed by atoms with Crippen LogP contribution < -0.4 is 0 Å². The highest BCUT2D eigenvalue weighted by atomic mass is 32.2. The van der Waals surface area contributed by atoms with Crippen molar-refractivity contribution in [3.8, 4) is 0 Å². The van der Waals surface area contributed by atoms with Gasteiger partial charge in [-0.1, -0.05) is 23.9 Å². The minimum atomic E-state index is -0.392. The molecule has 0 atom stereocenters. The topological polar surface area (TPSA) is 73.7 Å². The summed E-state index contributed by atoms with van der Waals surface area (Å²) >= 11 is 2.93. The Morgan fingerprint density at radius 1 is 1.18 bits per heavy atom. The molecule has 0 aromatic heterocycles. The molecule has 0 bridgehead atoms. The average Bonchev–Trinajstić information content (AvgIpc) is 3.19. The second-order valence-corrected chi connectivity index (χ2v) is 8.94. The van der Waals surface area contributed by atoms with Gasteiger partial charge in [0.25, 0.3) is 5.91 Å². The molecule has 1 amide bonds. The van der Waals surface area contributed by atoms with E-state index in [9.17, 15) is 9.59 Å². The zero-order valence-electron chi connectivity index (χ0n) is 15.8. The van der Waals surface area contributed by atoms with Gasteiger partial charge in [-0.25, -0.2) is 4.79 Å². The number of hydrogen-bond donors (Lipinski definition) is 1. The zero-order valence-corrected chi connectivity index (χ0v) is 17.4. The molecule has 3 aliphatic rings. The van der Waals surface area contributed by atoms with E-state index in [0.29, 0.717) is 17.0 Å². The second kappa shape index (κ2) is 7.67. The smallest absolute Gasteiger partial charge is 0.337 e. The lowest BCUT2D eigenvalue weighted by Crippen LogP contribution is -2.28. The van der Waals surface area contributed by atoms with Gasteiger partial charge in [-0.15, -0.1) is 0 Å². The number of benzene rings is 1. The van der Waals surface area contributed by atoms with Crippen LogP contribution in [-0.4, -0.2) is 41.0 Å². The lowest BCUT2D eigenvalue weighted by atomic mass is 10.0. The molecule has 1 saturated heterocycles. The third kappa shape index (κ3) is 3.35. The first-order valence-corrected chi connectivity index (χ1v) is 10.8. The van der Waals surface area contributed by atoms with Gasteiger partial charge < -0.3 is 9.64 Å². The van der Waals surface area contributed by atoms with Crippen molar-refractivity contribution in [3.63, 3.8) is 0 Å². The predicted octanol–water partition coefficient (Wildman–Crippen LogP) is 4.12. The Kier molecular flexibility index (Phi) is 5.25. The van der Waals surface area contributed by atoms with Crippen LogP contribution in [0.2, 0.25) is 0 Å². The molecule has 4 rings (SSSR count). The Balaban J connectivity index is 1.53. The van der Waals surface area contributed by atoms with Gasteiger partial charge in [0.2, 0.25) is 0 Å². The number of ether oxygens (including phenoxy) is 1. The molecular weight excluding hydrogens is 394 g/mol. The van der Waals surface area contributed by atoms with Crippen molar-refractivity contribution in [3.05, 3.63) is 55.9 Å². The maximum Gasteiger partial charge on any atom is 0.337 e. The van der Waals surface area contributed by atoms with Crippen molar-refractivity contribution < 1.29 is 14.3 Å². The molecule has 1 N–H and O–H groups in total. The number of amides is 1. The van der Waals surface area contributed by atoms with E-state index in [4.69, 9.17) is 10.1 Å². The fourth-order valence-corrected chi connectivity index (χ4v) is 5.95. The molecule has 1 fully saturated rings. The van der Waals surface area contributed by atoms with Gasteiger partial charge in [-0.3, -0.25) is 15.1 Å². The van der Waals surface area contributed by atoms with E-state index >= 15 is 0 Å². The number of carbonyl (C=O) groups excluding carboxylic acids is 2. The van der Waals surface area contributed by atoms with Gasteiger partial charge in [0, 0.05) is 17.6 Å². The molecule has 0 radical (unpaired) electrons. The lowest BCUT2D eigenvalue weighted by Gasteiger charge is -2.20. The monoisotopic (exact) mass is 415 g/mol. The molecule has 146 valence electrons. The number of nitrogens with zero attached hydrogens (tertiary/aromatic N) is 2. The largest absolute Gasteiger partial charge is 0.465 e. The Morgan fingerprint density at radius 3 is 2.57 bits per heavy atom. The summed E-state index contributed by atoms with van der Waals surface area (Å²) in [6.07, 6.45) is 4.53. The molecule has 6 nitrogen and oxygen atoms in total. The molecule has 0 spiro atoms. The number of rotatable bonds is 3. The summed E-state index contributed by atoms with van der Waals surface area (Å²) in [4.78, 5) is 30.3. The summed E-state index contributed by atoms with van der Waals surface area (Å²) in [5.41, 5.74) is 2.66. The SMILES string of the molecule is COC(=O)c1ccc(CN2C(=N)S/C(=C3\SC4=C(CCCC4)N3C)C2=O)cc1. The lowest BCUT2D eigenvalue weighted by molar-refractivity contribution is -0.122. The summed E-state index contributed by atoms with van der Waals surface area (Å²) in [6.45, 7) is 0.310. The third-order valence-electron chi connectivity index (χ3n) is 5.11. The molecule has 28 heavy (non-hydrogen) atoms. The van der Waals surface area contributed by atoms with Crippen molar-refractivity contribution in [2.24, 2.45) is 0 Å². The normalized spacial score (nSPS) is 22.2. The number of carbonyl (C=O) groups is 2. The van der Waals surface area contributed by atoms with Gasteiger partial charge in [-0.2, -0.15) is 0 Å². The van der Waals surface area contributed by atoms with Gasteiger partial charge in [0.15, 0.2) is 5.17 Å². The number of hydrogen-bond acceptors (Lipinski definition) is 7. The number of esters is 1. The summed E-state index contributed by atoms with van der Waals surface area (Å²) in [5, 5.41) is 9.50. The minimum absolute atomic E-state index is 0.124. The zero-order chi connectivity index (χ0) is 19.8. The Labute approximate surface area is 172 Å². The van der Waals surface area contributed by atoms with E-state index in [2.05, 4.69) is 4.90 Å². The average molecular weight is 416 g/mol. The van der Waals surface area contributed by atoms with Crippen LogP contribution in [0.5, 0.6) is 0 Å². The molecule has 0 saturated carbocycles. The Hall–Kier alpha value is -2.19. The quantitative estimate of drug-likeness (QED) is 0.591. The van der Waals surface area contributed by atoms with E-state index in [-0.39, 0.29) is 11.1 Å². The molecule has 0 unspecified atom stereocenters. The van der Waals surface area contributed by atoms with Crippen molar-refractivity contribution in [2.75, 3.05) is 14.2 Å². The molecule has 1 aromatic rings. The van der Waals surface area contributed by atoms with Crippen LogP contribution in [0.1, 0.15) is 41.6 Å². The molecule has 8 heteroatoms. The van der Waals surface area contributed by atoms with Crippen molar-refractivity contribution in [1.29, 1.82) is 5.41 Å². The molecule has 2 heterocycles. The summed E-state index contributed by atoms with van der Waals surface area (Å²) in [6, 6.07) is 6.94. The van der Waals surface area contributed by atoms with Gasteiger partial charge in [0.05, 0.1) is 24.2 Å². The molecule has 2 aliphatic heterocycles. The van der Waals surface area contributed by atoms with Crippen molar-refractivity contribution in [1.82, 2.24) is 9.80 Å². The molecular formula is C20H21N3O3S2. The van der Waals surface area contributed by atoms with Gasteiger partial charge in [-0.05, 0) is 55.1 Å². The van der Waals surface area contributed by atoms with Crippen LogP contribution in [0.25, 0.3) is 0 Å². The Bertz CT molecular complexity index is 921. The maximum absolute atomic E-state index is 13.1. The third-order valence-corrected chi connectivity index (χ3v) is 7.58. The van der Waals surface area contributed by atoms with Crippen LogP contribution in [0.3, 0.4) is 0 Å². The van der Waals surface area contributed by atoms with Crippen LogP contribution in [0.4, 0.5) is 0 Å². The van der Waals surface area contributed by atoms with Crippen LogP contribution in [0, 0.1) is 5.41 Å². The summed E-state index contributed by atoms with van der Waals surface area (Å²) in [7, 11) is 3.37. The van der Waals surface area contributed by atoms with Crippen LogP contribution >= 0.6 is 23.5 Å². The number of thioether (sulfide) groups is 2. The fourth-order valence-electron chi connectivity index (χ4n) is 3.57. The number of amidine groups is 1. The van der Waals surface area contributed by atoms with E-state index < -0.39 is 5.97 Å². The summed E-state index contributed by atoms with van der Waals surface area (Å²) in [5.74, 6) is -0.516. The summed E-state index contributed by atoms with van der Waals surface area (Å²) < 4.78 is 4.71. The number of nitrogens with one attached hydrogen (secondary N) is 1. The fraction of sp³-hybridized carbons (Fsp3) is 0.350. The van der Waals surface area contributed by atoms with Gasteiger partial charge >= 0.3 is 5.97 Å². The van der Waals surface area contributed by atoms with Crippen LogP contribution in [0.15, 0.2) is 44.8 Å². The first-order valence-electron chi connectivity index (χ1n) is 9.13. The predicted molar refractivity (Wildman–Crippen MR) is 112 cm³/mol. The highest BCUT2D eigenvalue weighted by molar-refractivity contribution is 8.19.